The average Bonchev–Trinajstić information content (AvgIpc) is 3.51. The molecule has 1 aliphatic heterocycles. The second-order valence-corrected chi connectivity index (χ2v) is 7.41. The number of hydrogen-bond acceptors (Lipinski definition) is 5. The number of benzene rings is 1. The van der Waals surface area contributed by atoms with Gasteiger partial charge in [-0.1, -0.05) is 0 Å². The lowest BCUT2D eigenvalue weighted by Crippen LogP contribution is -2.47. The van der Waals surface area contributed by atoms with Crippen molar-refractivity contribution < 1.29 is 28.3 Å². The van der Waals surface area contributed by atoms with E-state index in [9.17, 15) is 23.6 Å². The zero-order valence-corrected chi connectivity index (χ0v) is 16.2. The molecule has 1 aromatic rings. The first kappa shape index (κ1) is 20.8. The SMILES string of the molecule is CC(OC(=O)C1CCCN(C(=O)c2ccc(F)cc2)C1)C(=O)NC(=O)NC1CC1. The quantitative estimate of drug-likeness (QED) is 0.724. The number of piperidine rings is 1. The third kappa shape index (κ3) is 5.75. The van der Waals surface area contributed by atoms with E-state index >= 15 is 0 Å². The minimum atomic E-state index is -1.13. The van der Waals surface area contributed by atoms with E-state index in [0.29, 0.717) is 24.9 Å². The monoisotopic (exact) mass is 405 g/mol. The zero-order valence-electron chi connectivity index (χ0n) is 16.2. The second-order valence-electron chi connectivity index (χ2n) is 7.41. The summed E-state index contributed by atoms with van der Waals surface area (Å²) in [5.74, 6) is -2.58. The summed E-state index contributed by atoms with van der Waals surface area (Å²) in [7, 11) is 0. The highest BCUT2D eigenvalue weighted by atomic mass is 19.1. The summed E-state index contributed by atoms with van der Waals surface area (Å²) in [6, 6.07) is 4.73. The molecule has 9 heteroatoms. The molecule has 2 atom stereocenters. The fourth-order valence-corrected chi connectivity index (χ4v) is 3.12. The van der Waals surface area contributed by atoms with E-state index in [-0.39, 0.29) is 18.5 Å². The van der Waals surface area contributed by atoms with Crippen molar-refractivity contribution in [2.24, 2.45) is 5.92 Å². The molecule has 8 nitrogen and oxygen atoms in total. The normalized spacial score (nSPS) is 19.8. The number of likely N-dealkylation sites (tertiary alicyclic amines) is 1. The number of nitrogens with one attached hydrogen (secondary N) is 2. The Labute approximate surface area is 167 Å². The molecule has 0 spiro atoms. The van der Waals surface area contributed by atoms with Crippen molar-refractivity contribution in [3.63, 3.8) is 0 Å². The molecule has 0 bridgehead atoms. The second kappa shape index (κ2) is 9.02. The third-order valence-electron chi connectivity index (χ3n) is 4.94. The van der Waals surface area contributed by atoms with Crippen molar-refractivity contribution in [3.05, 3.63) is 35.6 Å². The van der Waals surface area contributed by atoms with Gasteiger partial charge in [-0.25, -0.2) is 9.18 Å². The predicted octanol–water partition coefficient (Wildman–Crippen LogP) is 1.60. The lowest BCUT2D eigenvalue weighted by Gasteiger charge is -2.32. The number of ether oxygens (including phenoxy) is 1. The van der Waals surface area contributed by atoms with E-state index in [1.54, 1.807) is 0 Å². The van der Waals surface area contributed by atoms with Crippen LogP contribution < -0.4 is 10.6 Å². The van der Waals surface area contributed by atoms with Gasteiger partial charge in [0.2, 0.25) is 0 Å². The lowest BCUT2D eigenvalue weighted by molar-refractivity contribution is -0.159. The molecule has 4 amide bonds. The number of carbonyl (C=O) groups excluding carboxylic acids is 4. The number of urea groups is 1. The molecular formula is C20H24FN3O5. The summed E-state index contributed by atoms with van der Waals surface area (Å²) >= 11 is 0. The Morgan fingerprint density at radius 1 is 1.14 bits per heavy atom. The van der Waals surface area contributed by atoms with Crippen LogP contribution in [0.3, 0.4) is 0 Å². The van der Waals surface area contributed by atoms with Crippen LogP contribution in [0.2, 0.25) is 0 Å². The highest BCUT2D eigenvalue weighted by molar-refractivity contribution is 5.97. The number of carbonyl (C=O) groups is 4. The van der Waals surface area contributed by atoms with Gasteiger partial charge in [0.1, 0.15) is 5.82 Å². The van der Waals surface area contributed by atoms with Crippen molar-refractivity contribution in [3.8, 4) is 0 Å². The van der Waals surface area contributed by atoms with Gasteiger partial charge in [0.15, 0.2) is 6.10 Å². The van der Waals surface area contributed by atoms with Crippen molar-refractivity contribution in [2.75, 3.05) is 13.1 Å². The van der Waals surface area contributed by atoms with Crippen molar-refractivity contribution in [1.29, 1.82) is 0 Å². The summed E-state index contributed by atoms with van der Waals surface area (Å²) in [6.45, 7) is 2.03. The number of nitrogens with zero attached hydrogens (tertiary/aromatic N) is 1. The molecule has 1 aliphatic carbocycles. The third-order valence-corrected chi connectivity index (χ3v) is 4.94. The first-order valence-corrected chi connectivity index (χ1v) is 9.70. The molecule has 1 aromatic carbocycles. The van der Waals surface area contributed by atoms with E-state index in [4.69, 9.17) is 4.74 Å². The molecular weight excluding hydrogens is 381 g/mol. The first-order valence-electron chi connectivity index (χ1n) is 9.70. The number of amides is 4. The van der Waals surface area contributed by atoms with E-state index < -0.39 is 35.7 Å². The molecule has 1 saturated carbocycles. The fraction of sp³-hybridized carbons (Fsp3) is 0.500. The van der Waals surface area contributed by atoms with Crippen LogP contribution in [0.1, 0.15) is 43.0 Å². The van der Waals surface area contributed by atoms with Gasteiger partial charge in [-0.05, 0) is 56.9 Å². The Morgan fingerprint density at radius 3 is 2.48 bits per heavy atom. The van der Waals surface area contributed by atoms with E-state index in [1.165, 1.54) is 36.1 Å². The number of esters is 1. The molecule has 156 valence electrons. The van der Waals surface area contributed by atoms with Crippen LogP contribution in [0.5, 0.6) is 0 Å². The number of rotatable bonds is 5. The summed E-state index contributed by atoms with van der Waals surface area (Å²) in [4.78, 5) is 50.2. The maximum Gasteiger partial charge on any atom is 0.321 e. The van der Waals surface area contributed by atoms with E-state index in [1.807, 2.05) is 0 Å². The highest BCUT2D eigenvalue weighted by Gasteiger charge is 2.32. The molecule has 0 radical (unpaired) electrons. The van der Waals surface area contributed by atoms with Crippen LogP contribution in [0.25, 0.3) is 0 Å². The van der Waals surface area contributed by atoms with Gasteiger partial charge >= 0.3 is 12.0 Å². The first-order chi connectivity index (χ1) is 13.8. The lowest BCUT2D eigenvalue weighted by atomic mass is 9.97. The molecule has 2 unspecified atom stereocenters. The average molecular weight is 405 g/mol. The topological polar surface area (TPSA) is 105 Å². The van der Waals surface area contributed by atoms with Crippen molar-refractivity contribution >= 4 is 23.8 Å². The van der Waals surface area contributed by atoms with Gasteiger partial charge in [0.25, 0.3) is 11.8 Å². The minimum Gasteiger partial charge on any atom is -0.452 e. The molecule has 0 aromatic heterocycles. The van der Waals surface area contributed by atoms with Gasteiger partial charge in [-0.2, -0.15) is 0 Å². The standard InChI is InChI=1S/C20H24FN3O5/c1-12(17(25)23-20(28)22-16-8-9-16)29-19(27)14-3-2-10-24(11-14)18(26)13-4-6-15(21)7-5-13/h4-7,12,14,16H,2-3,8-11H2,1H3,(H2,22,23,25,28). The highest BCUT2D eigenvalue weighted by Crippen LogP contribution is 2.21. The number of hydrogen-bond donors (Lipinski definition) is 2. The fourth-order valence-electron chi connectivity index (χ4n) is 3.12. The molecule has 3 rings (SSSR count). The summed E-state index contributed by atoms with van der Waals surface area (Å²) in [6.07, 6.45) is 1.79. The Bertz CT molecular complexity index is 794. The van der Waals surface area contributed by atoms with Gasteiger partial charge in [0.05, 0.1) is 5.92 Å². The molecule has 2 N–H and O–H groups in total. The van der Waals surface area contributed by atoms with Gasteiger partial charge in [0, 0.05) is 24.7 Å². The minimum absolute atomic E-state index is 0.104. The molecule has 2 fully saturated rings. The maximum absolute atomic E-state index is 13.0. The summed E-state index contributed by atoms with van der Waals surface area (Å²) in [5, 5.41) is 4.77. The summed E-state index contributed by atoms with van der Waals surface area (Å²) < 4.78 is 18.3. The van der Waals surface area contributed by atoms with Crippen molar-refractivity contribution in [1.82, 2.24) is 15.5 Å². The van der Waals surface area contributed by atoms with Crippen LogP contribution in [0.4, 0.5) is 9.18 Å². The van der Waals surface area contributed by atoms with Crippen LogP contribution in [-0.2, 0) is 14.3 Å². The van der Waals surface area contributed by atoms with Gasteiger partial charge in [-0.15, -0.1) is 0 Å². The zero-order chi connectivity index (χ0) is 21.0. The maximum atomic E-state index is 13.0. The largest absolute Gasteiger partial charge is 0.452 e. The Kier molecular flexibility index (Phi) is 6.46. The van der Waals surface area contributed by atoms with Gasteiger partial charge in [-0.3, -0.25) is 19.7 Å². The van der Waals surface area contributed by atoms with Crippen molar-refractivity contribution in [2.45, 2.75) is 44.8 Å². The van der Waals surface area contributed by atoms with E-state index in [0.717, 1.165) is 12.8 Å². The molecule has 1 heterocycles. The van der Waals surface area contributed by atoms with Crippen LogP contribution in [0.15, 0.2) is 24.3 Å². The summed E-state index contributed by atoms with van der Waals surface area (Å²) in [5.41, 5.74) is 0.342. The number of imide groups is 1. The van der Waals surface area contributed by atoms with E-state index in [2.05, 4.69) is 10.6 Å². The molecule has 1 saturated heterocycles. The number of halogens is 1. The van der Waals surface area contributed by atoms with Gasteiger partial charge < -0.3 is 15.0 Å². The Hall–Kier alpha value is -2.97. The predicted molar refractivity (Wildman–Crippen MR) is 100 cm³/mol. The Morgan fingerprint density at radius 2 is 1.83 bits per heavy atom. The van der Waals surface area contributed by atoms with Crippen LogP contribution >= 0.6 is 0 Å². The Balaban J connectivity index is 1.50. The molecule has 2 aliphatic rings. The van der Waals surface area contributed by atoms with Crippen LogP contribution in [0, 0.1) is 11.7 Å². The molecule has 29 heavy (non-hydrogen) atoms. The van der Waals surface area contributed by atoms with Crippen LogP contribution in [-0.4, -0.2) is 54.0 Å². The smallest absolute Gasteiger partial charge is 0.321 e.